The van der Waals surface area contributed by atoms with Crippen molar-refractivity contribution in [1.82, 2.24) is 0 Å². The van der Waals surface area contributed by atoms with Gasteiger partial charge < -0.3 is 10.5 Å². The van der Waals surface area contributed by atoms with Crippen LogP contribution in [0.3, 0.4) is 0 Å². The molecule has 0 saturated heterocycles. The number of benzene rings is 1. The van der Waals surface area contributed by atoms with Crippen molar-refractivity contribution >= 4 is 17.3 Å². The van der Waals surface area contributed by atoms with Crippen LogP contribution in [-0.2, 0) is 4.79 Å². The number of nitriles is 1. The summed E-state index contributed by atoms with van der Waals surface area (Å²) in [5.74, 6) is 0.355. The molecule has 76 valence electrons. The van der Waals surface area contributed by atoms with Crippen LogP contribution in [-0.4, -0.2) is 19.1 Å². The molecule has 0 unspecified atom stereocenters. The Morgan fingerprint density at radius 1 is 1.60 bits per heavy atom. The fourth-order valence-electron chi connectivity index (χ4n) is 1.46. The van der Waals surface area contributed by atoms with Crippen molar-refractivity contribution < 1.29 is 9.53 Å². The van der Waals surface area contributed by atoms with E-state index in [1.54, 1.807) is 18.2 Å². The molecule has 1 aliphatic rings. The number of rotatable bonds is 1. The molecule has 0 aliphatic carbocycles. The summed E-state index contributed by atoms with van der Waals surface area (Å²) < 4.78 is 5.21. The van der Waals surface area contributed by atoms with Crippen LogP contribution >= 0.6 is 0 Å². The maximum absolute atomic E-state index is 11.5. The number of carbonyl (C=O) groups is 1. The van der Waals surface area contributed by atoms with E-state index in [9.17, 15) is 4.79 Å². The molecule has 0 saturated carbocycles. The van der Waals surface area contributed by atoms with Gasteiger partial charge in [0.25, 0.3) is 5.91 Å². The topological polar surface area (TPSA) is 79.3 Å². The second kappa shape index (κ2) is 3.50. The highest BCUT2D eigenvalue weighted by atomic mass is 16.5. The lowest BCUT2D eigenvalue weighted by molar-refractivity contribution is -0.121. The first-order chi connectivity index (χ1) is 7.22. The SMILES string of the molecule is N#CCN1C(=O)COc2ccc(N)cc21. The summed E-state index contributed by atoms with van der Waals surface area (Å²) in [4.78, 5) is 12.8. The van der Waals surface area contributed by atoms with Gasteiger partial charge in [0.05, 0.1) is 11.8 Å². The fraction of sp³-hybridized carbons (Fsp3) is 0.200. The summed E-state index contributed by atoms with van der Waals surface area (Å²) in [5, 5.41) is 8.62. The summed E-state index contributed by atoms with van der Waals surface area (Å²) in [5.41, 5.74) is 6.71. The lowest BCUT2D eigenvalue weighted by Crippen LogP contribution is -2.39. The summed E-state index contributed by atoms with van der Waals surface area (Å²) in [6, 6.07) is 6.96. The fourth-order valence-corrected chi connectivity index (χ4v) is 1.46. The van der Waals surface area contributed by atoms with E-state index in [1.165, 1.54) is 4.90 Å². The third-order valence-corrected chi connectivity index (χ3v) is 2.15. The van der Waals surface area contributed by atoms with Crippen LogP contribution in [0.1, 0.15) is 0 Å². The van der Waals surface area contributed by atoms with E-state index in [4.69, 9.17) is 15.7 Å². The maximum atomic E-state index is 11.5. The highest BCUT2D eigenvalue weighted by Crippen LogP contribution is 2.33. The molecule has 2 rings (SSSR count). The average molecular weight is 203 g/mol. The van der Waals surface area contributed by atoms with Gasteiger partial charge in [0.1, 0.15) is 12.3 Å². The third kappa shape index (κ3) is 1.57. The molecule has 1 amide bonds. The first kappa shape index (κ1) is 9.34. The Morgan fingerprint density at radius 2 is 2.40 bits per heavy atom. The molecule has 5 heteroatoms. The number of fused-ring (bicyclic) bond motifs is 1. The van der Waals surface area contributed by atoms with Crippen molar-refractivity contribution in [2.75, 3.05) is 23.8 Å². The summed E-state index contributed by atoms with van der Waals surface area (Å²) in [6.45, 7) is -0.0166. The largest absolute Gasteiger partial charge is 0.482 e. The molecular formula is C10H9N3O2. The van der Waals surface area contributed by atoms with E-state index in [1.807, 2.05) is 6.07 Å². The molecule has 0 aromatic heterocycles. The van der Waals surface area contributed by atoms with E-state index < -0.39 is 0 Å². The zero-order valence-electron chi connectivity index (χ0n) is 7.93. The molecule has 0 radical (unpaired) electrons. The van der Waals surface area contributed by atoms with Gasteiger partial charge in [-0.15, -0.1) is 0 Å². The summed E-state index contributed by atoms with van der Waals surface area (Å²) in [7, 11) is 0. The minimum absolute atomic E-state index is 0.0125. The van der Waals surface area contributed by atoms with Crippen LogP contribution < -0.4 is 15.4 Å². The second-order valence-corrected chi connectivity index (χ2v) is 3.15. The summed E-state index contributed by atoms with van der Waals surface area (Å²) in [6.07, 6.45) is 0. The first-order valence-electron chi connectivity index (χ1n) is 4.42. The maximum Gasteiger partial charge on any atom is 0.265 e. The van der Waals surface area contributed by atoms with E-state index in [-0.39, 0.29) is 19.1 Å². The molecule has 5 nitrogen and oxygen atoms in total. The number of nitrogens with two attached hydrogens (primary N) is 1. The molecule has 1 aliphatic heterocycles. The molecule has 2 N–H and O–H groups in total. The van der Waals surface area contributed by atoms with Crippen molar-refractivity contribution in [3.8, 4) is 11.8 Å². The Labute approximate surface area is 86.7 Å². The van der Waals surface area contributed by atoms with Crippen molar-refractivity contribution in [2.45, 2.75) is 0 Å². The van der Waals surface area contributed by atoms with E-state index in [0.717, 1.165) is 0 Å². The quantitative estimate of drug-likeness (QED) is 0.533. The van der Waals surface area contributed by atoms with Crippen molar-refractivity contribution in [1.29, 1.82) is 5.26 Å². The predicted molar refractivity (Wildman–Crippen MR) is 54.3 cm³/mol. The third-order valence-electron chi connectivity index (χ3n) is 2.15. The molecule has 1 aromatic carbocycles. The standard InChI is InChI=1S/C10H9N3O2/c11-3-4-13-8-5-7(12)1-2-9(8)15-6-10(13)14/h1-2,5H,4,6,12H2. The van der Waals surface area contributed by atoms with Crippen LogP contribution in [0, 0.1) is 11.3 Å². The van der Waals surface area contributed by atoms with Gasteiger partial charge >= 0.3 is 0 Å². The highest BCUT2D eigenvalue weighted by Gasteiger charge is 2.25. The first-order valence-corrected chi connectivity index (χ1v) is 4.42. The molecule has 15 heavy (non-hydrogen) atoms. The molecule has 0 atom stereocenters. The van der Waals surface area contributed by atoms with Crippen molar-refractivity contribution in [2.24, 2.45) is 0 Å². The Hall–Kier alpha value is -2.22. The van der Waals surface area contributed by atoms with Crippen molar-refractivity contribution in [3.63, 3.8) is 0 Å². The monoisotopic (exact) mass is 203 g/mol. The van der Waals surface area contributed by atoms with Crippen molar-refractivity contribution in [3.05, 3.63) is 18.2 Å². The second-order valence-electron chi connectivity index (χ2n) is 3.15. The van der Waals surface area contributed by atoms with Crippen LogP contribution in [0.25, 0.3) is 0 Å². The Morgan fingerprint density at radius 3 is 3.13 bits per heavy atom. The number of ether oxygens (including phenoxy) is 1. The van der Waals surface area contributed by atoms with Gasteiger partial charge in [0, 0.05) is 5.69 Å². The van der Waals surface area contributed by atoms with Gasteiger partial charge in [0.15, 0.2) is 6.61 Å². The van der Waals surface area contributed by atoms with Crippen LogP contribution in [0.4, 0.5) is 11.4 Å². The molecule has 0 spiro atoms. The van der Waals surface area contributed by atoms with E-state index in [2.05, 4.69) is 0 Å². The minimum Gasteiger partial charge on any atom is -0.482 e. The Kier molecular flexibility index (Phi) is 2.18. The smallest absolute Gasteiger partial charge is 0.265 e. The van der Waals surface area contributed by atoms with Gasteiger partial charge in [-0.05, 0) is 18.2 Å². The van der Waals surface area contributed by atoms with Gasteiger partial charge in [-0.3, -0.25) is 9.69 Å². The van der Waals surface area contributed by atoms with Crippen LogP contribution in [0.5, 0.6) is 5.75 Å². The average Bonchev–Trinajstić information content (AvgIpc) is 2.23. The van der Waals surface area contributed by atoms with Gasteiger partial charge in [-0.1, -0.05) is 0 Å². The number of hydrogen-bond donors (Lipinski definition) is 1. The summed E-state index contributed by atoms with van der Waals surface area (Å²) >= 11 is 0. The number of nitrogen functional groups attached to an aromatic ring is 1. The zero-order chi connectivity index (χ0) is 10.8. The zero-order valence-corrected chi connectivity index (χ0v) is 7.93. The van der Waals surface area contributed by atoms with Crippen LogP contribution in [0.2, 0.25) is 0 Å². The number of amides is 1. The lowest BCUT2D eigenvalue weighted by atomic mass is 10.2. The Bertz CT molecular complexity index is 450. The van der Waals surface area contributed by atoms with Gasteiger partial charge in [0.2, 0.25) is 0 Å². The minimum atomic E-state index is -0.227. The predicted octanol–water partition coefficient (Wildman–Crippen LogP) is 0.518. The molecule has 0 bridgehead atoms. The number of nitrogens with zero attached hydrogens (tertiary/aromatic N) is 2. The van der Waals surface area contributed by atoms with E-state index >= 15 is 0 Å². The lowest BCUT2D eigenvalue weighted by Gasteiger charge is -2.27. The Balaban J connectivity index is 2.46. The van der Waals surface area contributed by atoms with Crippen LogP contribution in [0.15, 0.2) is 18.2 Å². The van der Waals surface area contributed by atoms with E-state index in [0.29, 0.717) is 17.1 Å². The number of carbonyl (C=O) groups excluding carboxylic acids is 1. The molecular weight excluding hydrogens is 194 g/mol. The number of hydrogen-bond acceptors (Lipinski definition) is 4. The molecule has 0 fully saturated rings. The number of anilines is 2. The molecule has 1 aromatic rings. The van der Waals surface area contributed by atoms with Gasteiger partial charge in [-0.25, -0.2) is 0 Å². The highest BCUT2D eigenvalue weighted by molar-refractivity contribution is 5.98. The van der Waals surface area contributed by atoms with Gasteiger partial charge in [-0.2, -0.15) is 5.26 Å². The molecule has 1 heterocycles. The normalized spacial score (nSPS) is 14.1.